The summed E-state index contributed by atoms with van der Waals surface area (Å²) >= 11 is 0. The summed E-state index contributed by atoms with van der Waals surface area (Å²) < 4.78 is 31.3. The topological polar surface area (TPSA) is 242 Å². The fourth-order valence-corrected chi connectivity index (χ4v) is 6.72. The average Bonchev–Trinajstić information content (AvgIpc) is 3.75. The predicted molar refractivity (Wildman–Crippen MR) is 216 cm³/mol. The molecule has 2 aromatic carbocycles. The lowest BCUT2D eigenvalue weighted by Crippen LogP contribution is -2.55. The molecule has 17 nitrogen and oxygen atoms in total. The number of imide groups is 1. The Balaban J connectivity index is 1.43. The molecule has 4 rings (SSSR count). The van der Waals surface area contributed by atoms with Crippen LogP contribution in [-0.2, 0) is 44.9 Å². The molecule has 8 amide bonds. The fourth-order valence-electron chi connectivity index (χ4n) is 6.72. The molecule has 0 radical (unpaired) electrons. The van der Waals surface area contributed by atoms with Crippen molar-refractivity contribution in [2.75, 3.05) is 32.8 Å². The summed E-state index contributed by atoms with van der Waals surface area (Å²) in [5, 5.41) is 19.7. The highest BCUT2D eigenvalue weighted by Gasteiger charge is 2.37. The summed E-state index contributed by atoms with van der Waals surface area (Å²) in [4.78, 5) is 102. The van der Waals surface area contributed by atoms with Gasteiger partial charge in [-0.1, -0.05) is 51.1 Å². The Labute approximate surface area is 350 Å². The molecule has 3 atom stereocenters. The van der Waals surface area contributed by atoms with Gasteiger partial charge in [0, 0.05) is 54.8 Å². The van der Waals surface area contributed by atoms with E-state index in [2.05, 4.69) is 21.3 Å². The molecule has 326 valence electrons. The van der Waals surface area contributed by atoms with Gasteiger partial charge in [0.2, 0.25) is 35.4 Å². The van der Waals surface area contributed by atoms with Crippen LogP contribution in [0.3, 0.4) is 0 Å². The normalized spacial score (nSPS) is 13.9. The molecule has 0 saturated carbocycles. The third-order valence-electron chi connectivity index (χ3n) is 9.57. The van der Waals surface area contributed by atoms with Gasteiger partial charge >= 0.3 is 0 Å². The molecule has 61 heavy (non-hydrogen) atoms. The van der Waals surface area contributed by atoms with Crippen LogP contribution in [0.1, 0.15) is 57.8 Å². The van der Waals surface area contributed by atoms with Crippen molar-refractivity contribution in [2.24, 2.45) is 11.1 Å². The first kappa shape index (κ1) is 46.9. The number of rotatable bonds is 20. The molecule has 1 aliphatic heterocycles. The number of halogens is 2. The maximum absolute atomic E-state index is 15.1. The molecule has 0 saturated heterocycles. The first-order valence-electron chi connectivity index (χ1n) is 19.3. The van der Waals surface area contributed by atoms with Gasteiger partial charge in [-0.15, -0.1) is 0 Å². The second kappa shape index (κ2) is 21.0. The van der Waals surface area contributed by atoms with Crippen LogP contribution in [0.25, 0.3) is 11.1 Å². The van der Waals surface area contributed by atoms with Crippen LogP contribution in [0, 0.1) is 17.0 Å². The number of benzene rings is 2. The molecule has 3 aromatic rings. The lowest BCUT2D eigenvalue weighted by molar-refractivity contribution is -0.141. The number of aromatic nitrogens is 1. The van der Waals surface area contributed by atoms with Gasteiger partial charge in [-0.3, -0.25) is 43.3 Å². The van der Waals surface area contributed by atoms with E-state index in [4.69, 9.17) is 5.73 Å². The number of carbonyl (C=O) groups is 8. The molecule has 19 heteroatoms. The predicted octanol–water partition coefficient (Wildman–Crippen LogP) is 0.802. The zero-order valence-electron chi connectivity index (χ0n) is 34.2. The van der Waals surface area contributed by atoms with Crippen molar-refractivity contribution in [3.63, 3.8) is 0 Å². The van der Waals surface area contributed by atoms with Gasteiger partial charge in [-0.25, -0.2) is 8.78 Å². The minimum atomic E-state index is -1.46. The highest BCUT2D eigenvalue weighted by molar-refractivity contribution is 6.14. The number of hydrogen-bond acceptors (Lipinski definition) is 9. The molecule has 0 bridgehead atoms. The minimum Gasteiger partial charge on any atom is -0.387 e. The Morgan fingerprint density at radius 2 is 1.56 bits per heavy atom. The van der Waals surface area contributed by atoms with Gasteiger partial charge in [0.15, 0.2) is 0 Å². The monoisotopic (exact) mass is 848 g/mol. The van der Waals surface area contributed by atoms with E-state index in [1.165, 1.54) is 11.8 Å². The SMILES string of the molecule is CC(NC(=O)CNC(=O)CN1C(=O)C=CC1=O)C(=O)N[C@@H](CC(N)=O)C(=O)NCCCN(C(=O)CO)C(c1cc(-c2cc(F)ccc2F)cn1Cc1ccccc1)C(C)(C)C. The van der Waals surface area contributed by atoms with E-state index >= 15 is 4.39 Å². The van der Waals surface area contributed by atoms with Gasteiger partial charge in [-0.2, -0.15) is 0 Å². The van der Waals surface area contributed by atoms with Gasteiger partial charge in [-0.05, 0) is 48.6 Å². The first-order valence-corrected chi connectivity index (χ1v) is 19.3. The number of hydrogen-bond donors (Lipinski definition) is 6. The van der Waals surface area contributed by atoms with Crippen LogP contribution in [0.2, 0.25) is 0 Å². The van der Waals surface area contributed by atoms with Crippen LogP contribution in [0.15, 0.2) is 72.9 Å². The summed E-state index contributed by atoms with van der Waals surface area (Å²) in [5.41, 5.74) is 6.51. The Kier molecular flexibility index (Phi) is 16.1. The summed E-state index contributed by atoms with van der Waals surface area (Å²) in [6.45, 7) is 5.10. The lowest BCUT2D eigenvalue weighted by Gasteiger charge is -2.41. The van der Waals surface area contributed by atoms with Gasteiger partial charge < -0.3 is 41.6 Å². The van der Waals surface area contributed by atoms with Crippen LogP contribution < -0.4 is 27.0 Å². The third kappa shape index (κ3) is 13.1. The molecule has 2 unspecified atom stereocenters. The zero-order valence-corrected chi connectivity index (χ0v) is 34.2. The Hall–Kier alpha value is -6.76. The molecule has 0 fully saturated rings. The second-order valence-electron chi connectivity index (χ2n) is 15.4. The van der Waals surface area contributed by atoms with Crippen molar-refractivity contribution in [1.82, 2.24) is 35.6 Å². The van der Waals surface area contributed by atoms with Crippen LogP contribution >= 0.6 is 0 Å². The van der Waals surface area contributed by atoms with Gasteiger partial charge in [0.1, 0.15) is 36.9 Å². The van der Waals surface area contributed by atoms with Crippen LogP contribution in [0.4, 0.5) is 8.78 Å². The smallest absolute Gasteiger partial charge is 0.254 e. The quantitative estimate of drug-likeness (QED) is 0.0695. The van der Waals surface area contributed by atoms with E-state index in [1.807, 2.05) is 55.7 Å². The third-order valence-corrected chi connectivity index (χ3v) is 9.57. The summed E-state index contributed by atoms with van der Waals surface area (Å²) in [6, 6.07) is 10.7. The lowest BCUT2D eigenvalue weighted by atomic mass is 9.83. The highest BCUT2D eigenvalue weighted by atomic mass is 19.1. The standard InChI is InChI=1S/C42H50F2N8O9/c1-25(48-34(55)20-47-35(56)23-52-36(57)13-14-37(52)58)40(60)49-31(19-33(45)54)41(61)46-15-8-16-51(38(59)24-53)39(42(2,3)4)32-17-27(29-18-28(43)11-12-30(29)44)22-50(32)21-26-9-6-5-7-10-26/h5-7,9-14,17-18,22,25,31,39,53H,8,15-16,19-21,23-24H2,1-4H3,(H2,45,54)(H,46,61)(H,47,56)(H,48,55)(H,49,60)/t25?,31-,39?/m0/s1. The largest absolute Gasteiger partial charge is 0.387 e. The molecular weight excluding hydrogens is 799 g/mol. The van der Waals surface area contributed by atoms with E-state index in [9.17, 15) is 47.9 Å². The average molecular weight is 849 g/mol. The number of aliphatic hydroxyl groups excluding tert-OH is 1. The van der Waals surface area contributed by atoms with Crippen molar-refractivity contribution >= 4 is 47.3 Å². The molecule has 7 N–H and O–H groups in total. The molecule has 1 aromatic heterocycles. The van der Waals surface area contributed by atoms with Gasteiger partial charge in [0.25, 0.3) is 11.8 Å². The summed E-state index contributed by atoms with van der Waals surface area (Å²) in [5.74, 6) is -7.50. The number of aliphatic hydroxyl groups is 1. The van der Waals surface area contributed by atoms with Gasteiger partial charge in [0.05, 0.1) is 19.0 Å². The molecule has 2 heterocycles. The van der Waals surface area contributed by atoms with Crippen molar-refractivity contribution in [1.29, 1.82) is 0 Å². The Morgan fingerprint density at radius 1 is 0.885 bits per heavy atom. The van der Waals surface area contributed by atoms with Crippen LogP contribution in [0.5, 0.6) is 0 Å². The van der Waals surface area contributed by atoms with Crippen molar-refractivity contribution in [2.45, 2.75) is 65.2 Å². The Bertz CT molecular complexity index is 2150. The van der Waals surface area contributed by atoms with Crippen LogP contribution in [-0.4, -0.2) is 112 Å². The Morgan fingerprint density at radius 3 is 2.18 bits per heavy atom. The maximum Gasteiger partial charge on any atom is 0.254 e. The van der Waals surface area contributed by atoms with E-state index in [0.717, 1.165) is 35.9 Å². The maximum atomic E-state index is 15.1. The number of primary amides is 1. The minimum absolute atomic E-state index is 0.00420. The van der Waals surface area contributed by atoms with E-state index in [1.54, 1.807) is 12.3 Å². The van der Waals surface area contributed by atoms with Crippen molar-refractivity contribution in [3.8, 4) is 11.1 Å². The summed E-state index contributed by atoms with van der Waals surface area (Å²) in [6.07, 6.45) is 3.20. The number of nitrogens with two attached hydrogens (primary N) is 1. The highest BCUT2D eigenvalue weighted by Crippen LogP contribution is 2.41. The van der Waals surface area contributed by atoms with E-state index < -0.39 is 109 Å². The van der Waals surface area contributed by atoms with E-state index in [-0.39, 0.29) is 25.1 Å². The zero-order chi connectivity index (χ0) is 45.0. The number of amides is 8. The molecular formula is C42H50F2N8O9. The first-order chi connectivity index (χ1) is 28.8. The molecule has 0 spiro atoms. The summed E-state index contributed by atoms with van der Waals surface area (Å²) in [7, 11) is 0. The fraction of sp³-hybridized carbons (Fsp3) is 0.381. The molecule has 1 aliphatic rings. The van der Waals surface area contributed by atoms with Crippen molar-refractivity contribution < 1.29 is 52.2 Å². The number of carbonyl (C=O) groups excluding carboxylic acids is 8. The second-order valence-corrected chi connectivity index (χ2v) is 15.4. The van der Waals surface area contributed by atoms with Crippen molar-refractivity contribution in [3.05, 3.63) is 95.8 Å². The number of nitrogens with one attached hydrogen (secondary N) is 4. The van der Waals surface area contributed by atoms with E-state index in [0.29, 0.717) is 22.7 Å². The molecule has 0 aliphatic carbocycles. The number of nitrogens with zero attached hydrogens (tertiary/aromatic N) is 3.